The fourth-order valence-electron chi connectivity index (χ4n) is 2.40. The third kappa shape index (κ3) is 7.01. The SMILES string of the molecule is CCN(CC)C(=O)C(=O)N/N=C\c1ccc(OCC(=O)Nc2ccc(F)cc2)cc1. The van der Waals surface area contributed by atoms with Crippen molar-refractivity contribution in [2.75, 3.05) is 25.0 Å². The molecule has 9 heteroatoms. The first-order valence-corrected chi connectivity index (χ1v) is 9.33. The second-order valence-corrected chi connectivity index (χ2v) is 6.09. The van der Waals surface area contributed by atoms with Crippen molar-refractivity contribution in [3.8, 4) is 5.75 Å². The maximum absolute atomic E-state index is 12.9. The number of likely N-dealkylation sites (N-methyl/N-ethyl adjacent to an activating group) is 1. The van der Waals surface area contributed by atoms with Gasteiger partial charge in [-0.3, -0.25) is 14.4 Å². The number of ether oxygens (including phenoxy) is 1. The first-order chi connectivity index (χ1) is 14.4. The first-order valence-electron chi connectivity index (χ1n) is 9.33. The molecule has 0 aromatic heterocycles. The minimum Gasteiger partial charge on any atom is -0.484 e. The molecule has 3 amide bonds. The molecule has 2 aromatic rings. The molecule has 2 rings (SSSR count). The van der Waals surface area contributed by atoms with E-state index in [1.54, 1.807) is 38.1 Å². The van der Waals surface area contributed by atoms with Gasteiger partial charge in [-0.05, 0) is 67.9 Å². The predicted molar refractivity (Wildman–Crippen MR) is 111 cm³/mol. The average molecular weight is 414 g/mol. The van der Waals surface area contributed by atoms with Gasteiger partial charge in [0.15, 0.2) is 6.61 Å². The van der Waals surface area contributed by atoms with E-state index in [1.165, 1.54) is 35.4 Å². The van der Waals surface area contributed by atoms with E-state index in [0.717, 1.165) is 0 Å². The molecule has 0 bridgehead atoms. The largest absolute Gasteiger partial charge is 0.484 e. The third-order valence-corrected chi connectivity index (χ3v) is 4.00. The summed E-state index contributed by atoms with van der Waals surface area (Å²) in [6.45, 7) is 4.24. The Morgan fingerprint density at radius 2 is 1.67 bits per heavy atom. The summed E-state index contributed by atoms with van der Waals surface area (Å²) >= 11 is 0. The molecular weight excluding hydrogens is 391 g/mol. The van der Waals surface area contributed by atoms with Crippen LogP contribution in [0.5, 0.6) is 5.75 Å². The number of nitrogens with one attached hydrogen (secondary N) is 2. The van der Waals surface area contributed by atoms with Gasteiger partial charge in [0.05, 0.1) is 6.21 Å². The van der Waals surface area contributed by atoms with Gasteiger partial charge in [0.2, 0.25) is 0 Å². The number of nitrogens with zero attached hydrogens (tertiary/aromatic N) is 2. The molecule has 8 nitrogen and oxygen atoms in total. The van der Waals surface area contributed by atoms with E-state index in [2.05, 4.69) is 15.8 Å². The summed E-state index contributed by atoms with van der Waals surface area (Å²) in [7, 11) is 0. The van der Waals surface area contributed by atoms with Crippen molar-refractivity contribution in [2.24, 2.45) is 5.10 Å². The van der Waals surface area contributed by atoms with Gasteiger partial charge in [-0.1, -0.05) is 0 Å². The minimum absolute atomic E-state index is 0.214. The summed E-state index contributed by atoms with van der Waals surface area (Å²) in [6.07, 6.45) is 1.39. The second kappa shape index (κ2) is 11.3. The van der Waals surface area contributed by atoms with Gasteiger partial charge in [-0.25, -0.2) is 9.82 Å². The van der Waals surface area contributed by atoms with Crippen LogP contribution in [0.4, 0.5) is 10.1 Å². The highest BCUT2D eigenvalue weighted by molar-refractivity contribution is 6.34. The van der Waals surface area contributed by atoms with Crippen LogP contribution in [0.15, 0.2) is 53.6 Å². The van der Waals surface area contributed by atoms with E-state index in [1.807, 2.05) is 0 Å². The molecule has 0 radical (unpaired) electrons. The Kier molecular flexibility index (Phi) is 8.49. The smallest absolute Gasteiger partial charge is 0.329 e. The normalized spacial score (nSPS) is 10.5. The molecule has 30 heavy (non-hydrogen) atoms. The van der Waals surface area contributed by atoms with Gasteiger partial charge in [0, 0.05) is 18.8 Å². The first kappa shape index (κ1) is 22.5. The maximum atomic E-state index is 12.9. The van der Waals surface area contributed by atoms with E-state index in [9.17, 15) is 18.8 Å². The van der Waals surface area contributed by atoms with Crippen molar-refractivity contribution in [3.05, 3.63) is 59.9 Å². The van der Waals surface area contributed by atoms with E-state index < -0.39 is 11.8 Å². The highest BCUT2D eigenvalue weighted by Gasteiger charge is 2.18. The van der Waals surface area contributed by atoms with Crippen molar-refractivity contribution >= 4 is 29.6 Å². The summed E-state index contributed by atoms with van der Waals surface area (Å²) in [6, 6.07) is 12.0. The van der Waals surface area contributed by atoms with Gasteiger partial charge >= 0.3 is 11.8 Å². The van der Waals surface area contributed by atoms with Gasteiger partial charge < -0.3 is 15.0 Å². The molecule has 158 valence electrons. The molecule has 0 aliphatic rings. The van der Waals surface area contributed by atoms with Gasteiger partial charge in [-0.2, -0.15) is 5.10 Å². The molecule has 2 aromatic carbocycles. The van der Waals surface area contributed by atoms with Crippen LogP contribution in [-0.2, 0) is 14.4 Å². The van der Waals surface area contributed by atoms with Crippen LogP contribution in [0, 0.1) is 5.82 Å². The van der Waals surface area contributed by atoms with Crippen molar-refractivity contribution in [2.45, 2.75) is 13.8 Å². The van der Waals surface area contributed by atoms with Crippen LogP contribution in [0.1, 0.15) is 19.4 Å². The van der Waals surface area contributed by atoms with Crippen LogP contribution in [-0.4, -0.2) is 48.5 Å². The number of carbonyl (C=O) groups is 3. The van der Waals surface area contributed by atoms with Crippen molar-refractivity contribution in [1.29, 1.82) is 0 Å². The zero-order valence-corrected chi connectivity index (χ0v) is 16.7. The quantitative estimate of drug-likeness (QED) is 0.393. The van der Waals surface area contributed by atoms with Crippen LogP contribution < -0.4 is 15.5 Å². The van der Waals surface area contributed by atoms with Crippen LogP contribution >= 0.6 is 0 Å². The molecule has 0 spiro atoms. The van der Waals surface area contributed by atoms with Gasteiger partial charge in [0.1, 0.15) is 11.6 Å². The summed E-state index contributed by atoms with van der Waals surface area (Å²) in [5.41, 5.74) is 3.32. The van der Waals surface area contributed by atoms with Crippen LogP contribution in [0.25, 0.3) is 0 Å². The van der Waals surface area contributed by atoms with E-state index in [-0.39, 0.29) is 18.3 Å². The van der Waals surface area contributed by atoms with E-state index in [4.69, 9.17) is 4.74 Å². The summed E-state index contributed by atoms with van der Waals surface area (Å²) < 4.78 is 18.2. The second-order valence-electron chi connectivity index (χ2n) is 6.09. The Balaban J connectivity index is 1.79. The Bertz CT molecular complexity index is 894. The standard InChI is InChI=1S/C21H23FN4O4/c1-3-26(4-2)21(29)20(28)25-23-13-15-5-11-18(12-6-15)30-14-19(27)24-17-9-7-16(22)8-10-17/h5-13H,3-4,14H2,1-2H3,(H,24,27)(H,25,28)/b23-13-. The van der Waals surface area contributed by atoms with Crippen molar-refractivity contribution < 1.29 is 23.5 Å². The number of hydrazone groups is 1. The maximum Gasteiger partial charge on any atom is 0.329 e. The number of hydrogen-bond acceptors (Lipinski definition) is 5. The lowest BCUT2D eigenvalue weighted by atomic mass is 10.2. The Morgan fingerprint density at radius 1 is 1.03 bits per heavy atom. The van der Waals surface area contributed by atoms with Gasteiger partial charge in [0.25, 0.3) is 5.91 Å². The molecule has 0 saturated heterocycles. The monoisotopic (exact) mass is 414 g/mol. The Hall–Kier alpha value is -3.75. The van der Waals surface area contributed by atoms with Crippen LogP contribution in [0.3, 0.4) is 0 Å². The Labute approximate surface area is 173 Å². The zero-order valence-electron chi connectivity index (χ0n) is 16.7. The molecule has 0 fully saturated rings. The number of rotatable bonds is 8. The zero-order chi connectivity index (χ0) is 21.9. The van der Waals surface area contributed by atoms with Gasteiger partial charge in [-0.15, -0.1) is 0 Å². The van der Waals surface area contributed by atoms with E-state index >= 15 is 0 Å². The van der Waals surface area contributed by atoms with E-state index in [0.29, 0.717) is 30.1 Å². The highest BCUT2D eigenvalue weighted by atomic mass is 19.1. The fraction of sp³-hybridized carbons (Fsp3) is 0.238. The summed E-state index contributed by atoms with van der Waals surface area (Å²) in [5.74, 6) is -1.75. The minimum atomic E-state index is -0.804. The summed E-state index contributed by atoms with van der Waals surface area (Å²) in [4.78, 5) is 36.8. The topological polar surface area (TPSA) is 100 Å². The van der Waals surface area contributed by atoms with Crippen molar-refractivity contribution in [3.63, 3.8) is 0 Å². The molecule has 0 aliphatic heterocycles. The molecule has 0 saturated carbocycles. The number of amides is 3. The third-order valence-electron chi connectivity index (χ3n) is 4.00. The Morgan fingerprint density at radius 3 is 2.27 bits per heavy atom. The number of benzene rings is 2. The highest BCUT2D eigenvalue weighted by Crippen LogP contribution is 2.12. The van der Waals surface area contributed by atoms with Crippen LogP contribution in [0.2, 0.25) is 0 Å². The lowest BCUT2D eigenvalue weighted by Gasteiger charge is -2.16. The lowest BCUT2D eigenvalue weighted by Crippen LogP contribution is -2.41. The molecule has 0 heterocycles. The number of hydrogen-bond donors (Lipinski definition) is 2. The fourth-order valence-corrected chi connectivity index (χ4v) is 2.40. The number of anilines is 1. The average Bonchev–Trinajstić information content (AvgIpc) is 2.75. The van der Waals surface area contributed by atoms with Crippen molar-refractivity contribution in [1.82, 2.24) is 10.3 Å². The molecule has 0 atom stereocenters. The number of carbonyl (C=O) groups excluding carboxylic acids is 3. The molecule has 0 aliphatic carbocycles. The molecule has 0 unspecified atom stereocenters. The predicted octanol–water partition coefficient (Wildman–Crippen LogP) is 2.16. The molecule has 2 N–H and O–H groups in total. The molecular formula is C21H23FN4O4. The summed E-state index contributed by atoms with van der Waals surface area (Å²) in [5, 5.41) is 6.36. The lowest BCUT2D eigenvalue weighted by molar-refractivity contribution is -0.145. The number of halogens is 1.